The molecule has 1 aliphatic heterocycles. The van der Waals surface area contributed by atoms with Crippen LogP contribution in [0.4, 0.5) is 14.9 Å². The summed E-state index contributed by atoms with van der Waals surface area (Å²) in [5.74, 6) is 0.407. The van der Waals surface area contributed by atoms with E-state index in [0.717, 1.165) is 21.6 Å². The molecule has 2 amide bonds. The van der Waals surface area contributed by atoms with E-state index < -0.39 is 6.04 Å². The van der Waals surface area contributed by atoms with Gasteiger partial charge in [0.05, 0.1) is 22.2 Å². The molecule has 6 nitrogen and oxygen atoms in total. The number of halogens is 1. The van der Waals surface area contributed by atoms with Crippen LogP contribution in [0.1, 0.15) is 41.1 Å². The van der Waals surface area contributed by atoms with E-state index >= 15 is 0 Å². The van der Waals surface area contributed by atoms with Gasteiger partial charge < -0.3 is 9.84 Å². The van der Waals surface area contributed by atoms with E-state index in [1.54, 1.807) is 19.1 Å². The lowest BCUT2D eigenvalue weighted by molar-refractivity contribution is 0.244. The van der Waals surface area contributed by atoms with Crippen molar-refractivity contribution >= 4 is 28.6 Å². The molecule has 0 aliphatic carbocycles. The summed E-state index contributed by atoms with van der Waals surface area (Å²) in [6.45, 7) is 7.57. The molecule has 2 aromatic carbocycles. The van der Waals surface area contributed by atoms with E-state index in [2.05, 4.69) is 15.5 Å². The lowest BCUT2D eigenvalue weighted by Crippen LogP contribution is -2.46. The topological polar surface area (TPSA) is 71.3 Å². The molecule has 0 spiro atoms. The minimum atomic E-state index is -0.505. The van der Waals surface area contributed by atoms with Gasteiger partial charge in [-0.2, -0.15) is 4.98 Å². The molecule has 0 fully saturated rings. The minimum Gasteiger partial charge on any atom is -0.334 e. The van der Waals surface area contributed by atoms with Crippen LogP contribution in [0.3, 0.4) is 0 Å². The maximum atomic E-state index is 14.4. The lowest BCUT2D eigenvalue weighted by atomic mass is 9.92. The van der Waals surface area contributed by atoms with Crippen LogP contribution >= 0.6 is 11.3 Å². The fourth-order valence-corrected chi connectivity index (χ4v) is 4.73. The summed E-state index contributed by atoms with van der Waals surface area (Å²) < 4.78 is 20.1. The molecule has 0 saturated heterocycles. The average molecular weight is 475 g/mol. The molecule has 1 N–H and O–H groups in total. The number of rotatable bonds is 4. The third kappa shape index (κ3) is 3.80. The zero-order valence-electron chi connectivity index (χ0n) is 19.2. The zero-order valence-corrected chi connectivity index (χ0v) is 20.0. The largest absolute Gasteiger partial charge is 0.334 e. The average Bonchev–Trinajstić information content (AvgIpc) is 3.50. The number of nitrogens with one attached hydrogen (secondary N) is 1. The second-order valence-electron chi connectivity index (χ2n) is 8.39. The first kappa shape index (κ1) is 22.0. The Morgan fingerprint density at radius 3 is 2.53 bits per heavy atom. The molecule has 172 valence electrons. The maximum Gasteiger partial charge on any atom is 0.327 e. The van der Waals surface area contributed by atoms with Crippen LogP contribution in [0, 0.1) is 26.6 Å². The highest BCUT2D eigenvalue weighted by molar-refractivity contribution is 7.13. The Morgan fingerprint density at radius 2 is 1.82 bits per heavy atom. The summed E-state index contributed by atoms with van der Waals surface area (Å²) in [7, 11) is 0. The van der Waals surface area contributed by atoms with Crippen LogP contribution in [0.25, 0.3) is 16.3 Å². The number of anilines is 1. The SMILES string of the molecule is CC1=C(c2nc(-c3cccs3)no2)C(c2ccc(C)c(C)c2)NC(=O)N1c1ccc(C)c(F)c1. The molecular weight excluding hydrogens is 451 g/mol. The molecule has 3 heterocycles. The Hall–Kier alpha value is -3.78. The normalized spacial score (nSPS) is 16.2. The monoisotopic (exact) mass is 474 g/mol. The molecule has 34 heavy (non-hydrogen) atoms. The van der Waals surface area contributed by atoms with E-state index in [-0.39, 0.29) is 11.8 Å². The van der Waals surface area contributed by atoms with Crippen molar-refractivity contribution in [3.63, 3.8) is 0 Å². The summed E-state index contributed by atoms with van der Waals surface area (Å²) in [5, 5.41) is 9.18. The Morgan fingerprint density at radius 1 is 1.03 bits per heavy atom. The number of benzene rings is 2. The number of aryl methyl sites for hydroxylation is 3. The second kappa shape index (κ2) is 8.53. The molecule has 0 bridgehead atoms. The summed E-state index contributed by atoms with van der Waals surface area (Å²) in [6.07, 6.45) is 0. The number of urea groups is 1. The Balaban J connectivity index is 1.68. The van der Waals surface area contributed by atoms with Crippen molar-refractivity contribution in [3.05, 3.63) is 93.6 Å². The van der Waals surface area contributed by atoms with Gasteiger partial charge in [-0.15, -0.1) is 11.3 Å². The molecule has 1 unspecified atom stereocenters. The molecule has 0 saturated carbocycles. The number of thiophene rings is 1. The van der Waals surface area contributed by atoms with Crippen LogP contribution in [-0.2, 0) is 0 Å². The van der Waals surface area contributed by atoms with Crippen molar-refractivity contribution < 1.29 is 13.7 Å². The van der Waals surface area contributed by atoms with Gasteiger partial charge in [-0.25, -0.2) is 9.18 Å². The number of carbonyl (C=O) groups excluding carboxylic acids is 1. The predicted octanol–water partition coefficient (Wildman–Crippen LogP) is 6.56. The molecule has 5 rings (SSSR count). The minimum absolute atomic E-state index is 0.307. The van der Waals surface area contributed by atoms with E-state index in [0.29, 0.717) is 34.2 Å². The predicted molar refractivity (Wildman–Crippen MR) is 131 cm³/mol. The van der Waals surface area contributed by atoms with E-state index in [1.165, 1.54) is 22.3 Å². The highest BCUT2D eigenvalue weighted by Gasteiger charge is 2.36. The Labute approximate surface area is 200 Å². The third-order valence-corrected chi connectivity index (χ3v) is 7.03. The van der Waals surface area contributed by atoms with Crippen molar-refractivity contribution in [1.29, 1.82) is 0 Å². The molecule has 1 atom stereocenters. The summed E-state index contributed by atoms with van der Waals surface area (Å²) >= 11 is 1.52. The fourth-order valence-electron chi connectivity index (χ4n) is 4.08. The van der Waals surface area contributed by atoms with Gasteiger partial charge >= 0.3 is 6.03 Å². The van der Waals surface area contributed by atoms with Crippen LogP contribution in [-0.4, -0.2) is 16.2 Å². The quantitative estimate of drug-likeness (QED) is 0.363. The first-order chi connectivity index (χ1) is 16.3. The molecular formula is C26H23FN4O2S. The van der Waals surface area contributed by atoms with Crippen molar-refractivity contribution in [2.75, 3.05) is 4.90 Å². The smallest absolute Gasteiger partial charge is 0.327 e. The van der Waals surface area contributed by atoms with Crippen molar-refractivity contribution in [2.45, 2.75) is 33.7 Å². The van der Waals surface area contributed by atoms with Crippen molar-refractivity contribution in [1.82, 2.24) is 15.5 Å². The van der Waals surface area contributed by atoms with Crippen LogP contribution < -0.4 is 10.2 Å². The fraction of sp³-hybridized carbons (Fsp3) is 0.192. The second-order valence-corrected chi connectivity index (χ2v) is 9.34. The van der Waals surface area contributed by atoms with Gasteiger partial charge in [0.25, 0.3) is 5.89 Å². The van der Waals surface area contributed by atoms with Crippen LogP contribution in [0.15, 0.2) is 64.1 Å². The molecule has 1 aliphatic rings. The van der Waals surface area contributed by atoms with Gasteiger partial charge in [0, 0.05) is 5.70 Å². The van der Waals surface area contributed by atoms with Gasteiger partial charge in [-0.1, -0.05) is 35.5 Å². The highest BCUT2D eigenvalue weighted by atomic mass is 32.1. The number of aromatic nitrogens is 2. The number of carbonyl (C=O) groups is 1. The summed E-state index contributed by atoms with van der Waals surface area (Å²) in [6, 6.07) is 13.8. The van der Waals surface area contributed by atoms with Gasteiger partial charge in [-0.05, 0) is 73.5 Å². The van der Waals surface area contributed by atoms with Gasteiger partial charge in [0.2, 0.25) is 5.82 Å². The van der Waals surface area contributed by atoms with E-state index in [9.17, 15) is 9.18 Å². The van der Waals surface area contributed by atoms with Crippen LogP contribution in [0.2, 0.25) is 0 Å². The summed E-state index contributed by atoms with van der Waals surface area (Å²) in [5.41, 5.74) is 5.35. The first-order valence-corrected chi connectivity index (χ1v) is 11.7. The standard InChI is InChI=1S/C26H23FN4O2S/c1-14-7-9-18(12-16(14)3)23-22(25-29-24(30-33-25)21-6-5-11-34-21)17(4)31(26(32)28-23)19-10-8-15(2)20(27)13-19/h5-13,23H,1-4H3,(H,28,32). The van der Waals surface area contributed by atoms with Gasteiger partial charge in [0.15, 0.2) is 0 Å². The van der Waals surface area contributed by atoms with E-state index in [4.69, 9.17) is 4.52 Å². The Kier molecular flexibility index (Phi) is 5.53. The highest BCUT2D eigenvalue weighted by Crippen LogP contribution is 2.40. The van der Waals surface area contributed by atoms with Crippen LogP contribution in [0.5, 0.6) is 0 Å². The lowest BCUT2D eigenvalue weighted by Gasteiger charge is -2.35. The molecule has 4 aromatic rings. The maximum absolute atomic E-state index is 14.4. The molecule has 0 radical (unpaired) electrons. The van der Waals surface area contributed by atoms with Crippen molar-refractivity contribution in [2.24, 2.45) is 0 Å². The number of amides is 2. The number of hydrogen-bond donors (Lipinski definition) is 1. The molecule has 2 aromatic heterocycles. The first-order valence-electron chi connectivity index (χ1n) is 10.9. The Bertz CT molecular complexity index is 1420. The number of allylic oxidation sites excluding steroid dienone is 1. The summed E-state index contributed by atoms with van der Waals surface area (Å²) in [4.78, 5) is 20.3. The van der Waals surface area contributed by atoms with Gasteiger partial charge in [-0.3, -0.25) is 4.90 Å². The van der Waals surface area contributed by atoms with Crippen molar-refractivity contribution in [3.8, 4) is 10.7 Å². The van der Waals surface area contributed by atoms with E-state index in [1.807, 2.05) is 56.5 Å². The third-order valence-electron chi connectivity index (χ3n) is 6.16. The number of nitrogens with zero attached hydrogens (tertiary/aromatic N) is 3. The zero-order chi connectivity index (χ0) is 24.0. The molecule has 8 heteroatoms. The number of hydrogen-bond acceptors (Lipinski definition) is 5. The van der Waals surface area contributed by atoms with Gasteiger partial charge in [0.1, 0.15) is 5.82 Å².